The van der Waals surface area contributed by atoms with E-state index in [2.05, 4.69) is 0 Å². The van der Waals surface area contributed by atoms with E-state index in [1.165, 1.54) is 0 Å². The van der Waals surface area contributed by atoms with E-state index in [0.29, 0.717) is 5.56 Å². The van der Waals surface area contributed by atoms with Gasteiger partial charge in [-0.25, -0.2) is 0 Å². The zero-order valence-electron chi connectivity index (χ0n) is 9.14. The van der Waals surface area contributed by atoms with Gasteiger partial charge in [0.15, 0.2) is 0 Å². The van der Waals surface area contributed by atoms with Gasteiger partial charge in [-0.2, -0.15) is 13.2 Å². The van der Waals surface area contributed by atoms with Crippen LogP contribution in [0.1, 0.15) is 29.2 Å². The van der Waals surface area contributed by atoms with Crippen LogP contribution in [0.5, 0.6) is 0 Å². The van der Waals surface area contributed by atoms with Crippen LogP contribution in [0.25, 0.3) is 0 Å². The van der Waals surface area contributed by atoms with Crippen molar-refractivity contribution in [2.75, 3.05) is 0 Å². The lowest BCUT2D eigenvalue weighted by molar-refractivity contribution is -0.138. The first-order valence-corrected chi connectivity index (χ1v) is 4.68. The normalized spacial score (nSPS) is 13.1. The van der Waals surface area contributed by atoms with Gasteiger partial charge in [0.25, 0.3) is 0 Å². The van der Waals surface area contributed by atoms with Crippen LogP contribution in [-0.4, -0.2) is 6.18 Å². The summed E-state index contributed by atoms with van der Waals surface area (Å²) >= 11 is 0. The minimum Gasteiger partial charge on any atom is -0.324 e. The van der Waals surface area contributed by atoms with Crippen molar-refractivity contribution in [3.05, 3.63) is 34.9 Å². The van der Waals surface area contributed by atoms with Gasteiger partial charge in [-0.3, -0.25) is 0 Å². The Morgan fingerprint density at radius 3 is 1.94 bits per heavy atom. The molecule has 0 aliphatic rings. The van der Waals surface area contributed by atoms with Crippen LogP contribution >= 0.6 is 12.4 Å². The van der Waals surface area contributed by atoms with Gasteiger partial charge >= 0.3 is 6.18 Å². The van der Waals surface area contributed by atoms with Crippen LogP contribution in [0, 0.1) is 13.8 Å². The van der Waals surface area contributed by atoms with Gasteiger partial charge in [0.2, 0.25) is 0 Å². The van der Waals surface area contributed by atoms with Gasteiger partial charge in [-0.1, -0.05) is 29.3 Å². The molecule has 1 aromatic rings. The third-order valence-electron chi connectivity index (χ3n) is 2.12. The molecule has 1 aromatic carbocycles. The summed E-state index contributed by atoms with van der Waals surface area (Å²) in [6.07, 6.45) is -5.19. The number of hydrogen-bond acceptors (Lipinski definition) is 1. The van der Waals surface area contributed by atoms with Crippen LogP contribution in [0.4, 0.5) is 13.2 Å². The highest BCUT2D eigenvalue weighted by atomic mass is 35.5. The molecular weight excluding hydrogens is 239 g/mol. The summed E-state index contributed by atoms with van der Waals surface area (Å²) in [5.41, 5.74) is 7.91. The maximum Gasteiger partial charge on any atom is 0.390 e. The van der Waals surface area contributed by atoms with Crippen LogP contribution < -0.4 is 5.73 Å². The second-order valence-corrected chi connectivity index (χ2v) is 3.85. The van der Waals surface area contributed by atoms with Crippen molar-refractivity contribution >= 4 is 12.4 Å². The third kappa shape index (κ3) is 4.86. The van der Waals surface area contributed by atoms with Crippen LogP contribution in [0.2, 0.25) is 0 Å². The van der Waals surface area contributed by atoms with Crippen LogP contribution in [-0.2, 0) is 0 Å². The summed E-state index contributed by atoms with van der Waals surface area (Å²) in [4.78, 5) is 0. The summed E-state index contributed by atoms with van der Waals surface area (Å²) in [6, 6.07) is 4.33. The molecule has 0 amide bonds. The monoisotopic (exact) mass is 253 g/mol. The molecule has 1 rings (SSSR count). The lowest BCUT2D eigenvalue weighted by Crippen LogP contribution is -2.20. The molecule has 1 nitrogen and oxygen atoms in total. The molecule has 0 saturated carbocycles. The van der Waals surface area contributed by atoms with E-state index in [9.17, 15) is 13.2 Å². The standard InChI is InChI=1S/C11H14F3N.ClH/c1-7-3-8(2)5-9(4-7)10(15)6-11(12,13)14;/h3-5,10H,6,15H2,1-2H3;1H/t10-;/m0./s1. The molecule has 0 heterocycles. The molecule has 0 unspecified atom stereocenters. The summed E-state index contributed by atoms with van der Waals surface area (Å²) < 4.78 is 36.3. The van der Waals surface area contributed by atoms with Crippen molar-refractivity contribution in [2.45, 2.75) is 32.5 Å². The average molecular weight is 254 g/mol. The fourth-order valence-corrected chi connectivity index (χ4v) is 1.59. The zero-order chi connectivity index (χ0) is 11.6. The number of benzene rings is 1. The number of rotatable bonds is 2. The van der Waals surface area contributed by atoms with Crippen molar-refractivity contribution in [3.8, 4) is 0 Å². The largest absolute Gasteiger partial charge is 0.390 e. The maximum atomic E-state index is 12.1. The topological polar surface area (TPSA) is 26.0 Å². The van der Waals surface area contributed by atoms with Gasteiger partial charge in [-0.15, -0.1) is 12.4 Å². The molecule has 0 spiro atoms. The molecule has 0 aliphatic carbocycles. The van der Waals surface area contributed by atoms with Gasteiger partial charge in [0.05, 0.1) is 6.42 Å². The lowest BCUT2D eigenvalue weighted by atomic mass is 10.00. The van der Waals surface area contributed by atoms with Gasteiger partial charge in [0.1, 0.15) is 0 Å². The molecule has 0 fully saturated rings. The molecule has 0 radical (unpaired) electrons. The Morgan fingerprint density at radius 2 is 1.56 bits per heavy atom. The van der Waals surface area contributed by atoms with Gasteiger partial charge < -0.3 is 5.73 Å². The quantitative estimate of drug-likeness (QED) is 0.855. The number of aryl methyl sites for hydroxylation is 2. The van der Waals surface area contributed by atoms with E-state index in [4.69, 9.17) is 5.73 Å². The molecule has 2 N–H and O–H groups in total. The second-order valence-electron chi connectivity index (χ2n) is 3.85. The molecule has 16 heavy (non-hydrogen) atoms. The Hall–Kier alpha value is -0.740. The SMILES string of the molecule is Cc1cc(C)cc([C@@H](N)CC(F)(F)F)c1.Cl. The minimum absolute atomic E-state index is 0. The fourth-order valence-electron chi connectivity index (χ4n) is 1.59. The summed E-state index contributed by atoms with van der Waals surface area (Å²) in [5, 5.41) is 0. The highest BCUT2D eigenvalue weighted by Gasteiger charge is 2.30. The lowest BCUT2D eigenvalue weighted by Gasteiger charge is -2.15. The Bertz CT molecular complexity index is 329. The van der Waals surface area contributed by atoms with E-state index >= 15 is 0 Å². The highest BCUT2D eigenvalue weighted by Crippen LogP contribution is 2.28. The Balaban J connectivity index is 0.00000225. The first-order chi connectivity index (χ1) is 6.78. The second kappa shape index (κ2) is 5.55. The van der Waals surface area contributed by atoms with Gasteiger partial charge in [0, 0.05) is 6.04 Å². The number of nitrogens with two attached hydrogens (primary N) is 1. The van der Waals surface area contributed by atoms with Crippen molar-refractivity contribution < 1.29 is 13.2 Å². The highest BCUT2D eigenvalue weighted by molar-refractivity contribution is 5.85. The number of alkyl halides is 3. The summed E-state index contributed by atoms with van der Waals surface area (Å²) in [6.45, 7) is 3.69. The number of halogens is 4. The Labute approximate surface area is 99.2 Å². The predicted molar refractivity (Wildman–Crippen MR) is 60.8 cm³/mol. The van der Waals surface area contributed by atoms with Crippen molar-refractivity contribution in [1.82, 2.24) is 0 Å². The average Bonchev–Trinajstić information content (AvgIpc) is 1.98. The van der Waals surface area contributed by atoms with Crippen molar-refractivity contribution in [1.29, 1.82) is 0 Å². The van der Waals surface area contributed by atoms with Crippen LogP contribution in [0.15, 0.2) is 18.2 Å². The van der Waals surface area contributed by atoms with Crippen molar-refractivity contribution in [2.24, 2.45) is 5.73 Å². The molecule has 0 saturated heterocycles. The molecule has 0 aliphatic heterocycles. The maximum absolute atomic E-state index is 12.1. The minimum atomic E-state index is -4.21. The molecular formula is C11H15ClF3N. The Kier molecular flexibility index (Phi) is 5.29. The molecule has 0 bridgehead atoms. The first kappa shape index (κ1) is 15.3. The van der Waals surface area contributed by atoms with Gasteiger partial charge in [-0.05, 0) is 19.4 Å². The van der Waals surface area contributed by atoms with E-state index in [0.717, 1.165) is 11.1 Å². The predicted octanol–water partition coefficient (Wildman–Crippen LogP) is 3.68. The van der Waals surface area contributed by atoms with E-state index in [1.54, 1.807) is 12.1 Å². The zero-order valence-corrected chi connectivity index (χ0v) is 9.95. The third-order valence-corrected chi connectivity index (χ3v) is 2.12. The van der Waals surface area contributed by atoms with E-state index in [-0.39, 0.29) is 12.4 Å². The molecule has 5 heteroatoms. The van der Waals surface area contributed by atoms with E-state index in [1.807, 2.05) is 19.9 Å². The molecule has 0 aromatic heterocycles. The Morgan fingerprint density at radius 1 is 1.12 bits per heavy atom. The number of hydrogen-bond donors (Lipinski definition) is 1. The smallest absolute Gasteiger partial charge is 0.324 e. The molecule has 1 atom stereocenters. The fraction of sp³-hybridized carbons (Fsp3) is 0.455. The molecule has 92 valence electrons. The summed E-state index contributed by atoms with van der Waals surface area (Å²) in [5.74, 6) is 0. The van der Waals surface area contributed by atoms with E-state index < -0.39 is 18.6 Å². The first-order valence-electron chi connectivity index (χ1n) is 4.68. The van der Waals surface area contributed by atoms with Crippen molar-refractivity contribution in [3.63, 3.8) is 0 Å². The summed E-state index contributed by atoms with van der Waals surface area (Å²) in [7, 11) is 0. The van der Waals surface area contributed by atoms with Crippen LogP contribution in [0.3, 0.4) is 0 Å².